The van der Waals surface area contributed by atoms with Gasteiger partial charge in [0.15, 0.2) is 0 Å². The lowest BCUT2D eigenvalue weighted by Crippen LogP contribution is -2.24. The van der Waals surface area contributed by atoms with Gasteiger partial charge in [-0.05, 0) is 50.2 Å². The average molecular weight is 447 g/mol. The standard InChI is InChI=1S/C21H19NO.C7H15NO2/c23-17-11-5-3-1-2-4-10-16-22-20-14-8-6-12-18(20)19-13-7-9-15-21(19)22;1-3-5-6-8-7(9)10-4-2/h6-9,12-15,23H,3,5,11,16-17H2;3-6H2,1-2H3,(H,8,9). The Balaban J connectivity index is 0.000000328. The maximum atomic E-state index is 10.6. The summed E-state index contributed by atoms with van der Waals surface area (Å²) in [6.07, 6.45) is 4.33. The zero-order valence-corrected chi connectivity index (χ0v) is 19.7. The van der Waals surface area contributed by atoms with Crippen molar-refractivity contribution in [1.82, 2.24) is 9.88 Å². The predicted octanol–water partition coefficient (Wildman–Crippen LogP) is 5.50. The molecule has 5 nitrogen and oxygen atoms in total. The van der Waals surface area contributed by atoms with E-state index in [0.29, 0.717) is 13.2 Å². The maximum absolute atomic E-state index is 10.6. The molecule has 0 unspecified atom stereocenters. The monoisotopic (exact) mass is 446 g/mol. The number of benzene rings is 2. The Morgan fingerprint density at radius 2 is 1.58 bits per heavy atom. The van der Waals surface area contributed by atoms with Crippen LogP contribution in [0.3, 0.4) is 0 Å². The number of amides is 1. The van der Waals surface area contributed by atoms with E-state index < -0.39 is 0 Å². The first-order chi connectivity index (χ1) is 16.2. The van der Waals surface area contributed by atoms with Gasteiger partial charge in [-0.15, -0.1) is 0 Å². The van der Waals surface area contributed by atoms with Gasteiger partial charge in [-0.1, -0.05) is 61.6 Å². The van der Waals surface area contributed by atoms with E-state index in [0.717, 1.165) is 38.6 Å². The third-order valence-electron chi connectivity index (χ3n) is 4.94. The number of carbonyl (C=O) groups is 1. The van der Waals surface area contributed by atoms with Gasteiger partial charge in [-0.3, -0.25) is 0 Å². The molecular weight excluding hydrogens is 412 g/mol. The minimum atomic E-state index is -0.309. The van der Waals surface area contributed by atoms with Gasteiger partial charge in [0.25, 0.3) is 0 Å². The summed E-state index contributed by atoms with van der Waals surface area (Å²) >= 11 is 0. The van der Waals surface area contributed by atoms with Crippen LogP contribution in [-0.4, -0.2) is 35.5 Å². The molecule has 33 heavy (non-hydrogen) atoms. The smallest absolute Gasteiger partial charge is 0.407 e. The SMILES string of the molecule is CCCCNC(=O)OCC.OCCCCC#CC#CCn1c2ccccc2c2ccccc21. The van der Waals surface area contributed by atoms with E-state index in [1.807, 2.05) is 0 Å². The molecule has 0 saturated heterocycles. The molecule has 0 aliphatic heterocycles. The molecule has 0 aliphatic carbocycles. The van der Waals surface area contributed by atoms with Crippen LogP contribution < -0.4 is 5.32 Å². The molecule has 1 aromatic heterocycles. The number of para-hydroxylation sites is 2. The highest BCUT2D eigenvalue weighted by Crippen LogP contribution is 2.28. The predicted molar refractivity (Wildman–Crippen MR) is 136 cm³/mol. The summed E-state index contributed by atoms with van der Waals surface area (Å²) in [4.78, 5) is 10.6. The van der Waals surface area contributed by atoms with Crippen molar-refractivity contribution in [3.8, 4) is 23.7 Å². The average Bonchev–Trinajstić information content (AvgIpc) is 3.15. The first-order valence-electron chi connectivity index (χ1n) is 11.7. The third-order valence-corrected chi connectivity index (χ3v) is 4.94. The van der Waals surface area contributed by atoms with Crippen molar-refractivity contribution in [2.24, 2.45) is 0 Å². The summed E-state index contributed by atoms with van der Waals surface area (Å²) in [5.74, 6) is 12.0. The van der Waals surface area contributed by atoms with Crippen molar-refractivity contribution in [3.63, 3.8) is 0 Å². The molecule has 2 aromatic carbocycles. The van der Waals surface area contributed by atoms with Crippen molar-refractivity contribution in [3.05, 3.63) is 48.5 Å². The van der Waals surface area contributed by atoms with Crippen LogP contribution in [0.1, 0.15) is 46.0 Å². The van der Waals surface area contributed by atoms with Crippen LogP contribution in [0.2, 0.25) is 0 Å². The molecule has 3 aromatic rings. The molecule has 0 atom stereocenters. The molecule has 0 radical (unpaired) electrons. The molecule has 3 rings (SSSR count). The molecule has 0 spiro atoms. The number of nitrogens with zero attached hydrogens (tertiary/aromatic N) is 1. The highest BCUT2D eigenvalue weighted by Gasteiger charge is 2.07. The van der Waals surface area contributed by atoms with Crippen LogP contribution in [0.15, 0.2) is 48.5 Å². The number of hydrogen-bond acceptors (Lipinski definition) is 3. The number of aromatic nitrogens is 1. The largest absolute Gasteiger partial charge is 0.450 e. The fraction of sp³-hybridized carbons (Fsp3) is 0.393. The van der Waals surface area contributed by atoms with E-state index >= 15 is 0 Å². The molecule has 0 fully saturated rings. The zero-order valence-electron chi connectivity index (χ0n) is 19.7. The van der Waals surface area contributed by atoms with Gasteiger partial charge in [-0.25, -0.2) is 4.79 Å². The summed E-state index contributed by atoms with van der Waals surface area (Å²) in [5, 5.41) is 13.9. The van der Waals surface area contributed by atoms with E-state index in [1.54, 1.807) is 6.92 Å². The van der Waals surface area contributed by atoms with Crippen molar-refractivity contribution < 1.29 is 14.6 Å². The van der Waals surface area contributed by atoms with E-state index in [2.05, 4.69) is 93.8 Å². The normalized spacial score (nSPS) is 9.79. The van der Waals surface area contributed by atoms with Gasteiger partial charge >= 0.3 is 6.09 Å². The number of carbonyl (C=O) groups excluding carboxylic acids is 1. The van der Waals surface area contributed by atoms with E-state index in [4.69, 9.17) is 5.11 Å². The molecular formula is C28H34N2O3. The van der Waals surface area contributed by atoms with Gasteiger partial charge in [0.05, 0.1) is 13.2 Å². The molecule has 0 saturated carbocycles. The zero-order chi connectivity index (χ0) is 23.7. The van der Waals surface area contributed by atoms with Crippen molar-refractivity contribution in [1.29, 1.82) is 0 Å². The molecule has 1 heterocycles. The maximum Gasteiger partial charge on any atom is 0.407 e. The van der Waals surface area contributed by atoms with Crippen molar-refractivity contribution in [2.45, 2.75) is 52.5 Å². The quantitative estimate of drug-likeness (QED) is 0.355. The van der Waals surface area contributed by atoms with E-state index in [-0.39, 0.29) is 12.7 Å². The second kappa shape index (κ2) is 15.4. The van der Waals surface area contributed by atoms with Crippen LogP contribution in [0, 0.1) is 23.7 Å². The van der Waals surface area contributed by atoms with Crippen molar-refractivity contribution in [2.75, 3.05) is 19.8 Å². The van der Waals surface area contributed by atoms with Crippen LogP contribution in [-0.2, 0) is 11.3 Å². The first-order valence-corrected chi connectivity index (χ1v) is 11.7. The fourth-order valence-corrected chi connectivity index (χ4v) is 3.32. The lowest BCUT2D eigenvalue weighted by atomic mass is 10.2. The fourth-order valence-electron chi connectivity index (χ4n) is 3.32. The van der Waals surface area contributed by atoms with Gasteiger partial charge in [-0.2, -0.15) is 0 Å². The van der Waals surface area contributed by atoms with Crippen LogP contribution in [0.5, 0.6) is 0 Å². The minimum Gasteiger partial charge on any atom is -0.450 e. The van der Waals surface area contributed by atoms with Crippen LogP contribution in [0.25, 0.3) is 21.8 Å². The Morgan fingerprint density at radius 1 is 0.939 bits per heavy atom. The number of rotatable bonds is 8. The second-order valence-corrected chi connectivity index (χ2v) is 7.41. The first kappa shape index (κ1) is 25.8. The second-order valence-electron chi connectivity index (χ2n) is 7.41. The topological polar surface area (TPSA) is 63.5 Å². The summed E-state index contributed by atoms with van der Waals surface area (Å²) in [7, 11) is 0. The minimum absolute atomic E-state index is 0.237. The molecule has 1 amide bonds. The van der Waals surface area contributed by atoms with E-state index in [1.165, 1.54) is 21.8 Å². The van der Waals surface area contributed by atoms with Gasteiger partial charge in [0, 0.05) is 41.4 Å². The summed E-state index contributed by atoms with van der Waals surface area (Å²) in [5.41, 5.74) is 2.41. The molecule has 174 valence electrons. The Labute approximate surface area is 197 Å². The van der Waals surface area contributed by atoms with Crippen molar-refractivity contribution >= 4 is 27.9 Å². The number of hydrogen-bond donors (Lipinski definition) is 2. The van der Waals surface area contributed by atoms with Gasteiger partial charge in [0.2, 0.25) is 0 Å². The lowest BCUT2D eigenvalue weighted by molar-refractivity contribution is 0.152. The Hall–Kier alpha value is -3.41. The summed E-state index contributed by atoms with van der Waals surface area (Å²) in [6.45, 7) is 5.90. The Bertz CT molecular complexity index is 1070. The van der Waals surface area contributed by atoms with Gasteiger partial charge in [0.1, 0.15) is 0 Å². The van der Waals surface area contributed by atoms with Crippen LogP contribution in [0.4, 0.5) is 4.79 Å². The number of unbranched alkanes of at least 4 members (excludes halogenated alkanes) is 3. The lowest BCUT2D eigenvalue weighted by Gasteiger charge is -2.02. The highest BCUT2D eigenvalue weighted by atomic mass is 16.5. The molecule has 5 heteroatoms. The van der Waals surface area contributed by atoms with E-state index in [9.17, 15) is 4.79 Å². The van der Waals surface area contributed by atoms with Gasteiger partial charge < -0.3 is 19.7 Å². The highest BCUT2D eigenvalue weighted by molar-refractivity contribution is 6.08. The number of nitrogens with one attached hydrogen (secondary N) is 1. The summed E-state index contributed by atoms with van der Waals surface area (Å²) < 4.78 is 6.88. The molecule has 0 bridgehead atoms. The third kappa shape index (κ3) is 8.56. The number of alkyl carbamates (subject to hydrolysis) is 1. The Morgan fingerprint density at radius 3 is 2.18 bits per heavy atom. The summed E-state index contributed by atoms with van der Waals surface area (Å²) in [6, 6.07) is 16.9. The number of ether oxygens (including phenoxy) is 1. The van der Waals surface area contributed by atoms with Crippen LogP contribution >= 0.6 is 0 Å². The Kier molecular flexibility index (Phi) is 12.1. The number of aliphatic hydroxyl groups is 1. The molecule has 0 aliphatic rings. The number of aliphatic hydroxyl groups excluding tert-OH is 1. The molecule has 2 N–H and O–H groups in total. The number of fused-ring (bicyclic) bond motifs is 3.